The Morgan fingerprint density at radius 2 is 1.96 bits per heavy atom. The van der Waals surface area contributed by atoms with Crippen LogP contribution in [0.4, 0.5) is 5.82 Å². The summed E-state index contributed by atoms with van der Waals surface area (Å²) >= 11 is 0. The lowest BCUT2D eigenvalue weighted by atomic mass is 10.5. The third kappa shape index (κ3) is 3.73. The number of H-pyrrole nitrogens is 1. The lowest BCUT2D eigenvalue weighted by Crippen LogP contribution is -2.29. The van der Waals surface area contributed by atoms with Gasteiger partial charge in [0.25, 0.3) is 10.0 Å². The van der Waals surface area contributed by atoms with Crippen molar-refractivity contribution >= 4 is 15.8 Å². The van der Waals surface area contributed by atoms with Crippen LogP contribution in [0, 0.1) is 0 Å². The minimum atomic E-state index is -3.56. The van der Waals surface area contributed by atoms with Gasteiger partial charge in [0, 0.05) is 25.5 Å². The van der Waals surface area contributed by atoms with Crippen LogP contribution in [0.25, 0.3) is 5.82 Å². The monoisotopic (exact) mass is 333 g/mol. The Kier molecular flexibility index (Phi) is 4.35. The highest BCUT2D eigenvalue weighted by Gasteiger charge is 2.14. The Hall–Kier alpha value is -2.72. The lowest BCUT2D eigenvalue weighted by molar-refractivity contribution is 0.579. The van der Waals surface area contributed by atoms with Crippen molar-refractivity contribution in [2.24, 2.45) is 0 Å². The highest BCUT2D eigenvalue weighted by Crippen LogP contribution is 2.06. The summed E-state index contributed by atoms with van der Waals surface area (Å²) in [5.74, 6) is 1.28. The molecule has 3 N–H and O–H groups in total. The molecule has 0 fully saturated rings. The second kappa shape index (κ2) is 6.58. The van der Waals surface area contributed by atoms with E-state index >= 15 is 0 Å². The average Bonchev–Trinajstić information content (AvgIpc) is 3.25. The average molecular weight is 333 g/mol. The van der Waals surface area contributed by atoms with E-state index in [1.54, 1.807) is 6.07 Å². The van der Waals surface area contributed by atoms with E-state index in [1.165, 1.54) is 12.5 Å². The fourth-order valence-electron chi connectivity index (χ4n) is 1.89. The Bertz CT molecular complexity index is 827. The maximum Gasteiger partial charge on any atom is 0.257 e. The molecule has 3 aromatic heterocycles. The minimum absolute atomic E-state index is 0.0355. The van der Waals surface area contributed by atoms with Gasteiger partial charge in [-0.2, -0.15) is 0 Å². The molecule has 0 radical (unpaired) electrons. The zero-order chi connectivity index (χ0) is 16.1. The van der Waals surface area contributed by atoms with E-state index in [2.05, 4.69) is 30.2 Å². The molecule has 3 aromatic rings. The molecule has 0 atom stereocenters. The molecule has 0 bridgehead atoms. The standard InChI is InChI=1S/C13H15N7O2S/c21-23(22,13-9-14-10-16-13)17-6-5-15-11-3-4-12(19-18-11)20-7-1-2-8-20/h1-4,7-10,17H,5-6H2,(H,14,16)(H,15,18). The molecule has 3 heterocycles. The summed E-state index contributed by atoms with van der Waals surface area (Å²) in [4.78, 5) is 6.23. The number of nitrogens with zero attached hydrogens (tertiary/aromatic N) is 4. The van der Waals surface area contributed by atoms with E-state index in [9.17, 15) is 8.42 Å². The Balaban J connectivity index is 1.49. The first-order valence-corrected chi connectivity index (χ1v) is 8.32. The van der Waals surface area contributed by atoms with Crippen LogP contribution in [-0.4, -0.2) is 46.2 Å². The number of anilines is 1. The molecule has 0 aliphatic rings. The number of hydrogen-bond acceptors (Lipinski definition) is 6. The Morgan fingerprint density at radius 1 is 1.13 bits per heavy atom. The van der Waals surface area contributed by atoms with Gasteiger partial charge in [0.05, 0.1) is 12.5 Å². The van der Waals surface area contributed by atoms with Crippen LogP contribution in [0.1, 0.15) is 0 Å². The SMILES string of the molecule is O=S(=O)(NCCNc1ccc(-n2cccc2)nn1)c1cnc[nH]1. The summed E-state index contributed by atoms with van der Waals surface area (Å²) in [6.45, 7) is 0.591. The highest BCUT2D eigenvalue weighted by molar-refractivity contribution is 7.89. The van der Waals surface area contributed by atoms with E-state index in [0.717, 1.165) is 0 Å². The molecule has 0 aromatic carbocycles. The van der Waals surface area contributed by atoms with Gasteiger partial charge in [-0.15, -0.1) is 10.2 Å². The number of nitrogens with one attached hydrogen (secondary N) is 3. The van der Waals surface area contributed by atoms with Crippen LogP contribution in [-0.2, 0) is 10.0 Å². The summed E-state index contributed by atoms with van der Waals surface area (Å²) in [7, 11) is -3.56. The van der Waals surface area contributed by atoms with Gasteiger partial charge in [-0.25, -0.2) is 18.1 Å². The Labute approximate surface area is 132 Å². The molecule has 10 heteroatoms. The number of hydrogen-bond donors (Lipinski definition) is 3. The van der Waals surface area contributed by atoms with Gasteiger partial charge >= 0.3 is 0 Å². The third-order valence-electron chi connectivity index (χ3n) is 3.01. The molecule has 0 saturated heterocycles. The van der Waals surface area contributed by atoms with Crippen molar-refractivity contribution in [3.05, 3.63) is 49.2 Å². The fourth-order valence-corrected chi connectivity index (χ4v) is 2.82. The van der Waals surface area contributed by atoms with Crippen molar-refractivity contribution in [2.75, 3.05) is 18.4 Å². The number of aromatic nitrogens is 5. The van der Waals surface area contributed by atoms with Crippen LogP contribution >= 0.6 is 0 Å². The van der Waals surface area contributed by atoms with Gasteiger partial charge < -0.3 is 14.9 Å². The quantitative estimate of drug-likeness (QED) is 0.538. The summed E-state index contributed by atoms with van der Waals surface area (Å²) in [6.07, 6.45) is 6.32. The van der Waals surface area contributed by atoms with Gasteiger partial charge in [-0.05, 0) is 24.3 Å². The predicted molar refractivity (Wildman–Crippen MR) is 83.6 cm³/mol. The van der Waals surface area contributed by atoms with E-state index < -0.39 is 10.0 Å². The van der Waals surface area contributed by atoms with E-state index in [0.29, 0.717) is 18.2 Å². The van der Waals surface area contributed by atoms with Crippen molar-refractivity contribution in [1.29, 1.82) is 0 Å². The number of aromatic amines is 1. The molecule has 0 spiro atoms. The third-order valence-corrected chi connectivity index (χ3v) is 4.39. The molecule has 0 aliphatic carbocycles. The molecule has 0 unspecified atom stereocenters. The van der Waals surface area contributed by atoms with Crippen LogP contribution in [0.15, 0.2) is 54.2 Å². The highest BCUT2D eigenvalue weighted by atomic mass is 32.2. The van der Waals surface area contributed by atoms with E-state index in [4.69, 9.17) is 0 Å². The summed E-state index contributed by atoms with van der Waals surface area (Å²) in [5.41, 5.74) is 0. The zero-order valence-electron chi connectivity index (χ0n) is 12.0. The van der Waals surface area contributed by atoms with Crippen molar-refractivity contribution < 1.29 is 8.42 Å². The van der Waals surface area contributed by atoms with Crippen molar-refractivity contribution in [3.63, 3.8) is 0 Å². The smallest absolute Gasteiger partial charge is 0.257 e. The summed E-state index contributed by atoms with van der Waals surface area (Å²) in [6, 6.07) is 7.41. The van der Waals surface area contributed by atoms with Crippen LogP contribution in [0.3, 0.4) is 0 Å². The Morgan fingerprint density at radius 3 is 2.61 bits per heavy atom. The summed E-state index contributed by atoms with van der Waals surface area (Å²) in [5, 5.41) is 11.2. The van der Waals surface area contributed by atoms with Gasteiger partial charge in [-0.3, -0.25) is 0 Å². The van der Waals surface area contributed by atoms with Gasteiger partial charge in [0.15, 0.2) is 10.8 Å². The number of rotatable bonds is 7. The lowest BCUT2D eigenvalue weighted by Gasteiger charge is -2.07. The molecule has 3 rings (SSSR count). The normalized spacial score (nSPS) is 11.5. The first-order chi connectivity index (χ1) is 11.1. The maximum atomic E-state index is 11.8. The van der Waals surface area contributed by atoms with Gasteiger partial charge in [-0.1, -0.05) is 0 Å². The fraction of sp³-hybridized carbons (Fsp3) is 0.154. The maximum absolute atomic E-state index is 11.8. The van der Waals surface area contributed by atoms with Crippen LogP contribution < -0.4 is 10.0 Å². The van der Waals surface area contributed by atoms with Gasteiger partial charge in [0.1, 0.15) is 5.82 Å². The molecular formula is C13H15N7O2S. The molecule has 9 nitrogen and oxygen atoms in total. The summed E-state index contributed by atoms with van der Waals surface area (Å²) < 4.78 is 28.0. The van der Waals surface area contributed by atoms with E-state index in [1.807, 2.05) is 35.2 Å². The van der Waals surface area contributed by atoms with Gasteiger partial charge in [0.2, 0.25) is 0 Å². The van der Waals surface area contributed by atoms with Crippen LogP contribution in [0.2, 0.25) is 0 Å². The topological polar surface area (TPSA) is 118 Å². The molecule has 0 saturated carbocycles. The second-order valence-corrected chi connectivity index (χ2v) is 6.34. The number of sulfonamides is 1. The minimum Gasteiger partial charge on any atom is -0.367 e. The van der Waals surface area contributed by atoms with Crippen LogP contribution in [0.5, 0.6) is 0 Å². The van der Waals surface area contributed by atoms with Crippen molar-refractivity contribution in [1.82, 2.24) is 29.5 Å². The molecule has 0 amide bonds. The first-order valence-electron chi connectivity index (χ1n) is 6.84. The predicted octanol–water partition coefficient (Wildman–Crippen LogP) is 0.381. The second-order valence-electron chi connectivity index (χ2n) is 4.61. The van der Waals surface area contributed by atoms with E-state index in [-0.39, 0.29) is 11.6 Å². The van der Waals surface area contributed by atoms with Crippen molar-refractivity contribution in [2.45, 2.75) is 5.03 Å². The zero-order valence-corrected chi connectivity index (χ0v) is 12.9. The largest absolute Gasteiger partial charge is 0.367 e. The molecular weight excluding hydrogens is 318 g/mol. The molecule has 120 valence electrons. The first kappa shape index (κ1) is 15.2. The molecule has 0 aliphatic heterocycles. The number of imidazole rings is 1. The van der Waals surface area contributed by atoms with Crippen molar-refractivity contribution in [3.8, 4) is 5.82 Å². The molecule has 23 heavy (non-hydrogen) atoms.